The molecule has 1 heterocycles. The highest BCUT2D eigenvalue weighted by molar-refractivity contribution is 5.79. The number of benzene rings is 1. The molecule has 1 N–H and O–H groups in total. The number of likely N-dealkylation sites (tertiary alicyclic amines) is 1. The Labute approximate surface area is 89.3 Å². The standard InChI is InChI=1S/C12H15NO2/c1-9(10-5-3-2-4-6-10)13-8-11(14)7-12(13)15/h2-6,9,11,14H,7-8H2,1H3/t9-,11-/m1/s1. The Bertz CT molecular complexity index is 350. The molecular formula is C12H15NO2. The first-order chi connectivity index (χ1) is 7.18. The number of aliphatic hydroxyl groups excluding tert-OH is 1. The monoisotopic (exact) mass is 205 g/mol. The molecule has 1 fully saturated rings. The first-order valence-corrected chi connectivity index (χ1v) is 5.21. The number of β-amino-alcohol motifs (C(OH)–C–C–N with tert-alkyl or cyclic N) is 1. The maximum Gasteiger partial charge on any atom is 0.225 e. The first kappa shape index (κ1) is 10.2. The lowest BCUT2D eigenvalue weighted by molar-refractivity contribution is -0.129. The SMILES string of the molecule is C[C@H](c1ccccc1)N1C[C@H](O)CC1=O. The van der Waals surface area contributed by atoms with Crippen molar-refractivity contribution in [1.29, 1.82) is 0 Å². The number of hydrogen-bond acceptors (Lipinski definition) is 2. The molecule has 0 unspecified atom stereocenters. The van der Waals surface area contributed by atoms with E-state index in [0.29, 0.717) is 6.54 Å². The van der Waals surface area contributed by atoms with Gasteiger partial charge in [-0.2, -0.15) is 0 Å². The summed E-state index contributed by atoms with van der Waals surface area (Å²) in [4.78, 5) is 13.3. The van der Waals surface area contributed by atoms with Crippen molar-refractivity contribution in [3.05, 3.63) is 35.9 Å². The van der Waals surface area contributed by atoms with Crippen LogP contribution in [0.5, 0.6) is 0 Å². The summed E-state index contributed by atoms with van der Waals surface area (Å²) in [6, 6.07) is 9.93. The van der Waals surface area contributed by atoms with E-state index in [4.69, 9.17) is 0 Å². The molecule has 1 saturated heterocycles. The second-order valence-electron chi connectivity index (χ2n) is 3.99. The predicted molar refractivity (Wildman–Crippen MR) is 57.2 cm³/mol. The third-order valence-corrected chi connectivity index (χ3v) is 2.89. The van der Waals surface area contributed by atoms with Crippen LogP contribution in [0.4, 0.5) is 0 Å². The molecule has 2 atom stereocenters. The van der Waals surface area contributed by atoms with Crippen LogP contribution >= 0.6 is 0 Å². The van der Waals surface area contributed by atoms with E-state index >= 15 is 0 Å². The number of amides is 1. The zero-order chi connectivity index (χ0) is 10.8. The number of hydrogen-bond donors (Lipinski definition) is 1. The second-order valence-corrected chi connectivity index (χ2v) is 3.99. The molecule has 3 heteroatoms. The van der Waals surface area contributed by atoms with Crippen LogP contribution in [0.2, 0.25) is 0 Å². The molecule has 1 aliphatic heterocycles. The quantitative estimate of drug-likeness (QED) is 0.791. The van der Waals surface area contributed by atoms with Crippen LogP contribution in [-0.2, 0) is 4.79 Å². The highest BCUT2D eigenvalue weighted by Crippen LogP contribution is 2.25. The maximum absolute atomic E-state index is 11.6. The van der Waals surface area contributed by atoms with Crippen LogP contribution in [0, 0.1) is 0 Å². The molecule has 80 valence electrons. The van der Waals surface area contributed by atoms with Crippen molar-refractivity contribution < 1.29 is 9.90 Å². The number of aliphatic hydroxyl groups is 1. The topological polar surface area (TPSA) is 40.5 Å². The van der Waals surface area contributed by atoms with Crippen LogP contribution in [0.25, 0.3) is 0 Å². The van der Waals surface area contributed by atoms with Gasteiger partial charge in [0.05, 0.1) is 18.6 Å². The van der Waals surface area contributed by atoms with Crippen molar-refractivity contribution >= 4 is 5.91 Å². The zero-order valence-electron chi connectivity index (χ0n) is 8.76. The van der Waals surface area contributed by atoms with Crippen molar-refractivity contribution in [3.8, 4) is 0 Å². The second kappa shape index (κ2) is 4.03. The molecule has 1 aliphatic rings. The van der Waals surface area contributed by atoms with Crippen molar-refractivity contribution in [2.75, 3.05) is 6.54 Å². The predicted octanol–water partition coefficient (Wildman–Crippen LogP) is 1.34. The van der Waals surface area contributed by atoms with Gasteiger partial charge in [-0.05, 0) is 12.5 Å². The van der Waals surface area contributed by atoms with Gasteiger partial charge in [0.2, 0.25) is 5.91 Å². The van der Waals surface area contributed by atoms with Gasteiger partial charge in [0.1, 0.15) is 0 Å². The van der Waals surface area contributed by atoms with E-state index in [9.17, 15) is 9.90 Å². The molecule has 0 radical (unpaired) electrons. The fourth-order valence-electron chi connectivity index (χ4n) is 2.00. The summed E-state index contributed by atoms with van der Waals surface area (Å²) in [6.07, 6.45) is -0.236. The molecule has 1 amide bonds. The Hall–Kier alpha value is -1.35. The summed E-state index contributed by atoms with van der Waals surface area (Å²) in [7, 11) is 0. The Balaban J connectivity index is 2.15. The van der Waals surface area contributed by atoms with Crippen LogP contribution < -0.4 is 0 Å². The van der Waals surface area contributed by atoms with Gasteiger partial charge in [0, 0.05) is 6.54 Å². The van der Waals surface area contributed by atoms with Gasteiger partial charge in [-0.25, -0.2) is 0 Å². The van der Waals surface area contributed by atoms with Crippen LogP contribution in [-0.4, -0.2) is 28.6 Å². The number of carbonyl (C=O) groups excluding carboxylic acids is 1. The lowest BCUT2D eigenvalue weighted by atomic mass is 10.1. The van der Waals surface area contributed by atoms with Crippen molar-refractivity contribution in [2.45, 2.75) is 25.5 Å². The summed E-state index contributed by atoms with van der Waals surface area (Å²) in [5, 5.41) is 9.40. The number of rotatable bonds is 2. The molecular weight excluding hydrogens is 190 g/mol. The molecule has 0 aliphatic carbocycles. The summed E-state index contributed by atoms with van der Waals surface area (Å²) < 4.78 is 0. The van der Waals surface area contributed by atoms with Gasteiger partial charge < -0.3 is 10.0 Å². The summed E-state index contributed by atoms with van der Waals surface area (Å²) in [5.41, 5.74) is 1.11. The van der Waals surface area contributed by atoms with Gasteiger partial charge in [0.25, 0.3) is 0 Å². The van der Waals surface area contributed by atoms with Crippen molar-refractivity contribution in [1.82, 2.24) is 4.90 Å². The molecule has 0 aromatic heterocycles. The molecule has 0 bridgehead atoms. The largest absolute Gasteiger partial charge is 0.391 e. The Morgan fingerprint density at radius 1 is 1.40 bits per heavy atom. The summed E-state index contributed by atoms with van der Waals surface area (Å²) in [6.45, 7) is 2.44. The molecule has 1 aromatic rings. The Morgan fingerprint density at radius 3 is 2.60 bits per heavy atom. The zero-order valence-corrected chi connectivity index (χ0v) is 8.76. The minimum atomic E-state index is -0.497. The van der Waals surface area contributed by atoms with Crippen LogP contribution in [0.15, 0.2) is 30.3 Å². The summed E-state index contributed by atoms with van der Waals surface area (Å²) in [5.74, 6) is 0.0406. The maximum atomic E-state index is 11.6. The first-order valence-electron chi connectivity index (χ1n) is 5.21. The fourth-order valence-corrected chi connectivity index (χ4v) is 2.00. The van der Waals surface area contributed by atoms with Gasteiger partial charge in [0.15, 0.2) is 0 Å². The number of carbonyl (C=O) groups is 1. The lowest BCUT2D eigenvalue weighted by Crippen LogP contribution is -2.29. The van der Waals surface area contributed by atoms with Crippen LogP contribution in [0.3, 0.4) is 0 Å². The smallest absolute Gasteiger partial charge is 0.225 e. The molecule has 0 spiro atoms. The van der Waals surface area contributed by atoms with E-state index in [-0.39, 0.29) is 18.4 Å². The molecule has 0 saturated carbocycles. The third-order valence-electron chi connectivity index (χ3n) is 2.89. The lowest BCUT2D eigenvalue weighted by Gasteiger charge is -2.24. The van der Waals surface area contributed by atoms with Crippen molar-refractivity contribution in [3.63, 3.8) is 0 Å². The summed E-state index contributed by atoms with van der Waals surface area (Å²) >= 11 is 0. The van der Waals surface area contributed by atoms with Gasteiger partial charge >= 0.3 is 0 Å². The minimum absolute atomic E-state index is 0.0406. The van der Waals surface area contributed by atoms with Gasteiger partial charge in [-0.1, -0.05) is 30.3 Å². The number of nitrogens with zero attached hydrogens (tertiary/aromatic N) is 1. The van der Waals surface area contributed by atoms with Gasteiger partial charge in [-0.3, -0.25) is 4.79 Å². The molecule has 3 nitrogen and oxygen atoms in total. The Kier molecular flexibility index (Phi) is 2.73. The van der Waals surface area contributed by atoms with Crippen molar-refractivity contribution in [2.24, 2.45) is 0 Å². The molecule has 2 rings (SSSR count). The highest BCUT2D eigenvalue weighted by Gasteiger charge is 2.31. The highest BCUT2D eigenvalue weighted by atomic mass is 16.3. The third kappa shape index (κ3) is 2.02. The van der Waals surface area contributed by atoms with E-state index in [0.717, 1.165) is 5.56 Å². The van der Waals surface area contributed by atoms with E-state index < -0.39 is 6.10 Å². The molecule has 1 aromatic carbocycles. The molecule has 15 heavy (non-hydrogen) atoms. The van der Waals surface area contributed by atoms with Crippen LogP contribution in [0.1, 0.15) is 24.9 Å². The average molecular weight is 205 g/mol. The van der Waals surface area contributed by atoms with E-state index in [1.807, 2.05) is 37.3 Å². The van der Waals surface area contributed by atoms with E-state index in [2.05, 4.69) is 0 Å². The normalized spacial score (nSPS) is 23.2. The Morgan fingerprint density at radius 2 is 2.07 bits per heavy atom. The van der Waals surface area contributed by atoms with Gasteiger partial charge in [-0.15, -0.1) is 0 Å². The average Bonchev–Trinajstić information content (AvgIpc) is 2.58. The minimum Gasteiger partial charge on any atom is -0.391 e. The fraction of sp³-hybridized carbons (Fsp3) is 0.417. The van der Waals surface area contributed by atoms with E-state index in [1.165, 1.54) is 0 Å². The van der Waals surface area contributed by atoms with E-state index in [1.54, 1.807) is 4.90 Å².